The number of nitro groups is 1. The lowest BCUT2D eigenvalue weighted by Gasteiger charge is -1.96. The van der Waals surface area contributed by atoms with Gasteiger partial charge in [-0.05, 0) is 11.6 Å². The quantitative estimate of drug-likeness (QED) is 0.473. The molecular weight excluding hydrogens is 232 g/mol. The van der Waals surface area contributed by atoms with Gasteiger partial charge in [0.2, 0.25) is 5.82 Å². The smallest absolute Gasteiger partial charge is 0.258 e. The predicted octanol–water partition coefficient (Wildman–Crippen LogP) is 2.96. The largest absolute Gasteiger partial charge is 0.305 e. The molecule has 0 saturated carbocycles. The summed E-state index contributed by atoms with van der Waals surface area (Å²) in [5, 5.41) is 10.2. The predicted molar refractivity (Wildman–Crippen MR) is 55.8 cm³/mol. The maximum Gasteiger partial charge on any atom is 0.305 e. The van der Waals surface area contributed by atoms with E-state index in [1.807, 2.05) is 13.0 Å². The molecule has 0 fully saturated rings. The van der Waals surface area contributed by atoms with Crippen LogP contribution in [0.1, 0.15) is 5.56 Å². The molecular formula is C7H7F2NO2S2. The molecule has 0 amide bonds. The van der Waals surface area contributed by atoms with Crippen LogP contribution in [0.4, 0.5) is 14.0 Å². The fourth-order valence-corrected chi connectivity index (χ4v) is 0.993. The van der Waals surface area contributed by atoms with Gasteiger partial charge in [0, 0.05) is 24.8 Å². The van der Waals surface area contributed by atoms with Gasteiger partial charge in [-0.2, -0.15) is 20.9 Å². The molecule has 1 rings (SSSR count). The lowest BCUT2D eigenvalue weighted by molar-refractivity contribution is -0.387. The van der Waals surface area contributed by atoms with Crippen LogP contribution in [0.5, 0.6) is 0 Å². The van der Waals surface area contributed by atoms with E-state index in [1.165, 1.54) is 12.1 Å². The molecule has 0 atom stereocenters. The van der Waals surface area contributed by atoms with Crippen LogP contribution in [-0.4, -0.2) is 4.92 Å². The minimum atomic E-state index is -0.814. The second-order valence-corrected chi connectivity index (χ2v) is 2.52. The van der Waals surface area contributed by atoms with E-state index in [0.29, 0.717) is 11.3 Å². The second-order valence-electron chi connectivity index (χ2n) is 2.20. The minimum Gasteiger partial charge on any atom is -0.258 e. The van der Waals surface area contributed by atoms with Crippen molar-refractivity contribution in [2.24, 2.45) is 0 Å². The van der Waals surface area contributed by atoms with E-state index in [-0.39, 0.29) is 0 Å². The Morgan fingerprint density at radius 1 is 1.43 bits per heavy atom. The molecule has 0 radical (unpaired) electrons. The molecule has 3 nitrogen and oxygen atoms in total. The summed E-state index contributed by atoms with van der Waals surface area (Å²) in [7, 11) is 0. The summed E-state index contributed by atoms with van der Waals surface area (Å²) in [6, 6.07) is 3.72. The summed E-state index contributed by atoms with van der Waals surface area (Å²) in [6.45, 7) is 0. The van der Waals surface area contributed by atoms with Crippen LogP contribution >= 0.6 is 25.6 Å². The van der Waals surface area contributed by atoms with E-state index in [4.69, 9.17) is 0 Å². The first-order valence-corrected chi connectivity index (χ1v) is 4.33. The Morgan fingerprint density at radius 3 is 2.43 bits per heavy atom. The number of benzene rings is 1. The Kier molecular flexibility index (Phi) is 6.22. The summed E-state index contributed by atoms with van der Waals surface area (Å²) in [4.78, 5) is 9.48. The Morgan fingerprint density at radius 2 is 2.00 bits per heavy atom. The summed E-state index contributed by atoms with van der Waals surface area (Å²) in [5.74, 6) is -0.452. The van der Waals surface area contributed by atoms with Crippen molar-refractivity contribution in [3.8, 4) is 0 Å². The number of thiol groups is 2. The molecule has 14 heavy (non-hydrogen) atoms. The van der Waals surface area contributed by atoms with Crippen molar-refractivity contribution in [2.75, 3.05) is 0 Å². The molecule has 0 aliphatic carbocycles. The SMILES string of the molecule is FS.O=[N+]([O-])c1cc(CS)ccc1F. The molecule has 0 aliphatic rings. The number of rotatable bonds is 2. The lowest BCUT2D eigenvalue weighted by atomic mass is 10.2. The Bertz CT molecular complexity index is 323. The third-order valence-corrected chi connectivity index (χ3v) is 1.75. The van der Waals surface area contributed by atoms with Gasteiger partial charge in [0.05, 0.1) is 4.92 Å². The van der Waals surface area contributed by atoms with Crippen molar-refractivity contribution in [1.29, 1.82) is 0 Å². The number of hydrogen-bond donors (Lipinski definition) is 2. The molecule has 7 heteroatoms. The molecule has 0 spiro atoms. The van der Waals surface area contributed by atoms with Crippen LogP contribution in [0, 0.1) is 15.9 Å². The van der Waals surface area contributed by atoms with Gasteiger partial charge in [-0.15, -0.1) is 0 Å². The van der Waals surface area contributed by atoms with E-state index < -0.39 is 16.4 Å². The van der Waals surface area contributed by atoms with E-state index in [2.05, 4.69) is 12.6 Å². The fraction of sp³-hybridized carbons (Fsp3) is 0.143. The first kappa shape index (κ1) is 13.2. The Labute approximate surface area is 90.4 Å². The van der Waals surface area contributed by atoms with Crippen LogP contribution in [0.2, 0.25) is 0 Å². The van der Waals surface area contributed by atoms with Gasteiger partial charge in [0.25, 0.3) is 0 Å². The van der Waals surface area contributed by atoms with Gasteiger partial charge in [0.15, 0.2) is 0 Å². The van der Waals surface area contributed by atoms with Gasteiger partial charge in [-0.1, -0.05) is 6.07 Å². The highest BCUT2D eigenvalue weighted by molar-refractivity contribution is 7.79. The molecule has 78 valence electrons. The summed E-state index contributed by atoms with van der Waals surface area (Å²) >= 11 is 5.94. The van der Waals surface area contributed by atoms with Crippen molar-refractivity contribution in [1.82, 2.24) is 0 Å². The molecule has 0 aliphatic heterocycles. The highest BCUT2D eigenvalue weighted by atomic mass is 32.1. The van der Waals surface area contributed by atoms with Crippen LogP contribution in [0.25, 0.3) is 0 Å². The van der Waals surface area contributed by atoms with E-state index in [9.17, 15) is 18.4 Å². The van der Waals surface area contributed by atoms with Crippen LogP contribution in [0.15, 0.2) is 18.2 Å². The van der Waals surface area contributed by atoms with Gasteiger partial charge in [-0.3, -0.25) is 10.1 Å². The van der Waals surface area contributed by atoms with Crippen molar-refractivity contribution in [3.05, 3.63) is 39.7 Å². The molecule has 0 unspecified atom stereocenters. The van der Waals surface area contributed by atoms with Crippen molar-refractivity contribution in [3.63, 3.8) is 0 Å². The molecule has 0 aromatic heterocycles. The van der Waals surface area contributed by atoms with Crippen LogP contribution in [0.3, 0.4) is 0 Å². The number of hydrogen-bond acceptors (Lipinski definition) is 4. The zero-order valence-electron chi connectivity index (χ0n) is 6.85. The fourth-order valence-electron chi connectivity index (χ4n) is 0.797. The highest BCUT2D eigenvalue weighted by Crippen LogP contribution is 2.19. The second kappa shape index (κ2) is 6.61. The Hall–Kier alpha value is -0.820. The zero-order chi connectivity index (χ0) is 11.1. The van der Waals surface area contributed by atoms with Crippen molar-refractivity contribution >= 4 is 31.3 Å². The maximum atomic E-state index is 12.7. The lowest BCUT2D eigenvalue weighted by Crippen LogP contribution is -1.93. The van der Waals surface area contributed by atoms with E-state index in [1.54, 1.807) is 0 Å². The molecule has 0 saturated heterocycles. The van der Waals surface area contributed by atoms with Crippen LogP contribution < -0.4 is 0 Å². The first-order chi connectivity index (χ1) is 6.65. The molecule has 0 bridgehead atoms. The Balaban J connectivity index is 0.000000791. The summed E-state index contributed by atoms with van der Waals surface area (Å²) < 4.78 is 21.9. The zero-order valence-corrected chi connectivity index (χ0v) is 8.64. The normalized spacial score (nSPS) is 8.86. The van der Waals surface area contributed by atoms with Gasteiger partial charge < -0.3 is 0 Å². The molecule has 1 aromatic carbocycles. The monoisotopic (exact) mass is 239 g/mol. The number of nitro benzene ring substituents is 1. The average molecular weight is 239 g/mol. The van der Waals surface area contributed by atoms with Crippen molar-refractivity contribution < 1.29 is 13.2 Å². The highest BCUT2D eigenvalue weighted by Gasteiger charge is 2.13. The number of halogens is 2. The van der Waals surface area contributed by atoms with E-state index >= 15 is 0 Å². The number of nitrogens with zero attached hydrogens (tertiary/aromatic N) is 1. The third kappa shape index (κ3) is 3.51. The van der Waals surface area contributed by atoms with Gasteiger partial charge in [0.1, 0.15) is 0 Å². The third-order valence-electron chi connectivity index (χ3n) is 1.39. The molecule has 0 N–H and O–H groups in total. The minimum absolute atomic E-state index is 0.362. The van der Waals surface area contributed by atoms with Gasteiger partial charge in [-0.25, -0.2) is 0 Å². The standard InChI is InChI=1S/C7H6FNO2S.FHS/c8-6-2-1-5(4-12)3-7(6)9(10)11;1-2/h1-3,12H,4H2;2H. The van der Waals surface area contributed by atoms with Gasteiger partial charge >= 0.3 is 5.69 Å². The van der Waals surface area contributed by atoms with Crippen LogP contribution in [-0.2, 0) is 5.75 Å². The topological polar surface area (TPSA) is 43.1 Å². The summed E-state index contributed by atoms with van der Waals surface area (Å²) in [5.41, 5.74) is 0.132. The van der Waals surface area contributed by atoms with Crippen molar-refractivity contribution in [2.45, 2.75) is 5.75 Å². The average Bonchev–Trinajstić information content (AvgIpc) is 2.21. The van der Waals surface area contributed by atoms with E-state index in [0.717, 1.165) is 6.07 Å². The summed E-state index contributed by atoms with van der Waals surface area (Å²) in [6.07, 6.45) is 0. The maximum absolute atomic E-state index is 12.7. The first-order valence-electron chi connectivity index (χ1n) is 3.35. The molecule has 0 heterocycles. The molecule has 1 aromatic rings.